The zero-order valence-electron chi connectivity index (χ0n) is 7.86. The Labute approximate surface area is 71.7 Å². The van der Waals surface area contributed by atoms with Crippen molar-refractivity contribution < 1.29 is 0 Å². The maximum Gasteiger partial charge on any atom is -0.0282 e. The Kier molecular flexibility index (Phi) is 9.51. The number of unbranched alkanes of at least 4 members (excludes halogenated alkanes) is 7. The van der Waals surface area contributed by atoms with E-state index in [1.165, 1.54) is 44.9 Å². The molecule has 0 spiro atoms. The first-order valence-corrected chi connectivity index (χ1v) is 4.91. The summed E-state index contributed by atoms with van der Waals surface area (Å²) in [6.07, 6.45) is 13.7. The standard InChI is InChI=1S/C11H21/c1-3-5-7-9-11-10-8-6-4-2/h1,4-11H2,2H3. The number of hydrogen-bond acceptors (Lipinski definition) is 0. The summed E-state index contributed by atoms with van der Waals surface area (Å²) in [6, 6.07) is 0. The van der Waals surface area contributed by atoms with E-state index in [-0.39, 0.29) is 0 Å². The van der Waals surface area contributed by atoms with Crippen molar-refractivity contribution in [2.75, 3.05) is 0 Å². The van der Waals surface area contributed by atoms with Crippen molar-refractivity contribution in [2.45, 2.75) is 58.3 Å². The predicted molar refractivity (Wildman–Crippen MR) is 51.5 cm³/mol. The molecule has 0 unspecified atom stereocenters. The van der Waals surface area contributed by atoms with Crippen molar-refractivity contribution in [3.8, 4) is 0 Å². The van der Waals surface area contributed by atoms with E-state index in [0.717, 1.165) is 6.42 Å². The summed E-state index contributed by atoms with van der Waals surface area (Å²) in [5.74, 6) is 0. The Bertz CT molecular complexity index is 74.1. The molecule has 0 heterocycles. The van der Waals surface area contributed by atoms with E-state index in [1.54, 1.807) is 0 Å². The summed E-state index contributed by atoms with van der Waals surface area (Å²) >= 11 is 0. The van der Waals surface area contributed by atoms with Gasteiger partial charge in [0.25, 0.3) is 0 Å². The zero-order chi connectivity index (χ0) is 8.36. The quantitative estimate of drug-likeness (QED) is 0.460. The molecule has 65 valence electrons. The monoisotopic (exact) mass is 153 g/mol. The van der Waals surface area contributed by atoms with Crippen molar-refractivity contribution in [3.63, 3.8) is 0 Å². The van der Waals surface area contributed by atoms with Crippen LogP contribution in [0.2, 0.25) is 0 Å². The highest BCUT2D eigenvalue weighted by atomic mass is 13.9. The van der Waals surface area contributed by atoms with Crippen molar-refractivity contribution >= 4 is 0 Å². The molecule has 0 saturated carbocycles. The first kappa shape index (κ1) is 10.7. The van der Waals surface area contributed by atoms with E-state index in [1.807, 2.05) is 0 Å². The van der Waals surface area contributed by atoms with E-state index in [4.69, 9.17) is 0 Å². The molecule has 0 heteroatoms. The average molecular weight is 153 g/mol. The van der Waals surface area contributed by atoms with Crippen LogP contribution in [0.4, 0.5) is 0 Å². The Hall–Kier alpha value is -0.260. The zero-order valence-corrected chi connectivity index (χ0v) is 7.86. The van der Waals surface area contributed by atoms with Crippen LogP contribution in [0.1, 0.15) is 58.3 Å². The van der Waals surface area contributed by atoms with Crippen LogP contribution < -0.4 is 0 Å². The van der Waals surface area contributed by atoms with Crippen molar-refractivity contribution in [2.24, 2.45) is 0 Å². The lowest BCUT2D eigenvalue weighted by atomic mass is 10.1. The third kappa shape index (κ3) is 9.74. The van der Waals surface area contributed by atoms with Gasteiger partial charge < -0.3 is 0 Å². The molecule has 0 bridgehead atoms. The summed E-state index contributed by atoms with van der Waals surface area (Å²) < 4.78 is 0. The molecule has 0 aliphatic heterocycles. The smallest absolute Gasteiger partial charge is 0.0282 e. The number of allylic oxidation sites excluding steroid dienone is 1. The molecule has 0 amide bonds. The lowest BCUT2D eigenvalue weighted by Gasteiger charge is -1.97. The van der Waals surface area contributed by atoms with Crippen LogP contribution in [0.3, 0.4) is 0 Å². The van der Waals surface area contributed by atoms with Gasteiger partial charge in [-0.25, -0.2) is 0 Å². The van der Waals surface area contributed by atoms with Gasteiger partial charge in [0.15, 0.2) is 0 Å². The van der Waals surface area contributed by atoms with Gasteiger partial charge in [-0.2, -0.15) is 0 Å². The summed E-state index contributed by atoms with van der Waals surface area (Å²) in [4.78, 5) is 0. The summed E-state index contributed by atoms with van der Waals surface area (Å²) in [7, 11) is 0. The molecule has 0 saturated heterocycles. The van der Waals surface area contributed by atoms with Crippen LogP contribution in [0.15, 0.2) is 6.58 Å². The first-order valence-electron chi connectivity index (χ1n) is 4.91. The van der Waals surface area contributed by atoms with Gasteiger partial charge in [-0.1, -0.05) is 58.1 Å². The van der Waals surface area contributed by atoms with Crippen LogP contribution in [-0.4, -0.2) is 0 Å². The fourth-order valence-electron chi connectivity index (χ4n) is 1.21. The molecular formula is C11H21. The highest BCUT2D eigenvalue weighted by Gasteiger charge is 1.88. The van der Waals surface area contributed by atoms with Gasteiger partial charge in [0.2, 0.25) is 0 Å². The highest BCUT2D eigenvalue weighted by Crippen LogP contribution is 2.07. The molecule has 0 aromatic rings. The molecule has 11 heavy (non-hydrogen) atoms. The molecule has 0 fully saturated rings. The van der Waals surface area contributed by atoms with E-state index in [9.17, 15) is 0 Å². The molecule has 0 rings (SSSR count). The van der Waals surface area contributed by atoms with Crippen LogP contribution in [0, 0.1) is 6.08 Å². The molecule has 0 atom stereocenters. The number of rotatable bonds is 8. The number of hydrogen-bond donors (Lipinski definition) is 0. The second-order valence-corrected chi connectivity index (χ2v) is 3.12. The normalized spacial score (nSPS) is 9.91. The minimum Gasteiger partial charge on any atom is -0.0956 e. The minimum absolute atomic E-state index is 1.08. The molecule has 1 radical (unpaired) electrons. The SMILES string of the molecule is C=[C]CCCCCCCCC. The largest absolute Gasteiger partial charge is 0.0956 e. The predicted octanol–water partition coefficient (Wildman–Crippen LogP) is 4.12. The Balaban J connectivity index is 2.74. The summed E-state index contributed by atoms with van der Waals surface area (Å²) in [5, 5.41) is 0. The molecule has 0 aromatic heterocycles. The van der Waals surface area contributed by atoms with Gasteiger partial charge in [-0.15, -0.1) is 0 Å². The fraction of sp³-hybridized carbons (Fsp3) is 0.818. The van der Waals surface area contributed by atoms with E-state index < -0.39 is 0 Å². The van der Waals surface area contributed by atoms with Gasteiger partial charge in [-0.3, -0.25) is 0 Å². The van der Waals surface area contributed by atoms with Gasteiger partial charge in [0.05, 0.1) is 0 Å². The Morgan fingerprint density at radius 2 is 1.45 bits per heavy atom. The van der Waals surface area contributed by atoms with Gasteiger partial charge in [0, 0.05) is 0 Å². The maximum absolute atomic E-state index is 3.58. The van der Waals surface area contributed by atoms with Crippen molar-refractivity contribution in [3.05, 3.63) is 12.7 Å². The third-order valence-electron chi connectivity index (χ3n) is 1.96. The molecule has 0 aliphatic carbocycles. The van der Waals surface area contributed by atoms with E-state index in [0.29, 0.717) is 0 Å². The van der Waals surface area contributed by atoms with E-state index >= 15 is 0 Å². The van der Waals surface area contributed by atoms with Gasteiger partial charge >= 0.3 is 0 Å². The van der Waals surface area contributed by atoms with Crippen LogP contribution >= 0.6 is 0 Å². The van der Waals surface area contributed by atoms with Gasteiger partial charge in [-0.05, 0) is 12.8 Å². The van der Waals surface area contributed by atoms with Crippen LogP contribution in [0.25, 0.3) is 0 Å². The molecule has 0 nitrogen and oxygen atoms in total. The summed E-state index contributed by atoms with van der Waals surface area (Å²) in [5.41, 5.74) is 0. The maximum atomic E-state index is 3.58. The lowest BCUT2D eigenvalue weighted by Crippen LogP contribution is -1.78. The topological polar surface area (TPSA) is 0 Å². The van der Waals surface area contributed by atoms with E-state index in [2.05, 4.69) is 19.6 Å². The second kappa shape index (κ2) is 9.74. The average Bonchev–Trinajstić information content (AvgIpc) is 2.03. The third-order valence-corrected chi connectivity index (χ3v) is 1.96. The lowest BCUT2D eigenvalue weighted by molar-refractivity contribution is 0.590. The molecule has 0 aliphatic rings. The Morgan fingerprint density at radius 3 is 2.00 bits per heavy atom. The highest BCUT2D eigenvalue weighted by molar-refractivity contribution is 4.55. The summed E-state index contributed by atoms with van der Waals surface area (Å²) in [6.45, 7) is 5.84. The van der Waals surface area contributed by atoms with Crippen molar-refractivity contribution in [1.29, 1.82) is 0 Å². The first-order chi connectivity index (χ1) is 5.41. The molecular weight excluding hydrogens is 132 g/mol. The van der Waals surface area contributed by atoms with Crippen molar-refractivity contribution in [1.82, 2.24) is 0 Å². The molecule has 0 aromatic carbocycles. The Morgan fingerprint density at radius 1 is 0.909 bits per heavy atom. The molecule has 0 N–H and O–H groups in total. The fourth-order valence-corrected chi connectivity index (χ4v) is 1.21. The van der Waals surface area contributed by atoms with Gasteiger partial charge in [0.1, 0.15) is 0 Å². The van der Waals surface area contributed by atoms with Crippen LogP contribution in [0.5, 0.6) is 0 Å². The second-order valence-electron chi connectivity index (χ2n) is 3.12. The minimum atomic E-state index is 1.08. The van der Waals surface area contributed by atoms with Crippen LogP contribution in [-0.2, 0) is 0 Å².